The molecular weight excluding hydrogens is 252 g/mol. The molecule has 1 N–H and O–H groups in total. The Kier molecular flexibility index (Phi) is 4.79. The SMILES string of the molecule is CCC(C)n1ccc(COc2cccc([C@@H](C)O)c2)n1. The van der Waals surface area contributed by atoms with E-state index in [0.717, 1.165) is 23.4 Å². The minimum Gasteiger partial charge on any atom is -0.487 e. The van der Waals surface area contributed by atoms with Crippen LogP contribution in [0.1, 0.15) is 50.6 Å². The highest BCUT2D eigenvalue weighted by Gasteiger charge is 2.06. The molecule has 1 aromatic heterocycles. The first-order chi connectivity index (χ1) is 9.60. The summed E-state index contributed by atoms with van der Waals surface area (Å²) in [5, 5.41) is 14.0. The Morgan fingerprint density at radius 1 is 1.30 bits per heavy atom. The lowest BCUT2D eigenvalue weighted by Crippen LogP contribution is -2.05. The van der Waals surface area contributed by atoms with Crippen LogP contribution in [-0.4, -0.2) is 14.9 Å². The first-order valence-electron chi connectivity index (χ1n) is 7.05. The van der Waals surface area contributed by atoms with Gasteiger partial charge in [-0.05, 0) is 44.0 Å². The van der Waals surface area contributed by atoms with Crippen molar-refractivity contribution in [3.8, 4) is 5.75 Å². The molecule has 0 aliphatic carbocycles. The van der Waals surface area contributed by atoms with Crippen molar-refractivity contribution in [1.29, 1.82) is 0 Å². The highest BCUT2D eigenvalue weighted by molar-refractivity contribution is 5.29. The van der Waals surface area contributed by atoms with Gasteiger partial charge < -0.3 is 9.84 Å². The second-order valence-electron chi connectivity index (χ2n) is 5.08. The van der Waals surface area contributed by atoms with Crippen molar-refractivity contribution in [2.75, 3.05) is 0 Å². The van der Waals surface area contributed by atoms with Gasteiger partial charge in [0.15, 0.2) is 0 Å². The number of hydrogen-bond donors (Lipinski definition) is 1. The van der Waals surface area contributed by atoms with Crippen molar-refractivity contribution in [3.05, 3.63) is 47.8 Å². The second-order valence-corrected chi connectivity index (χ2v) is 5.08. The zero-order chi connectivity index (χ0) is 14.5. The molecule has 1 heterocycles. The first-order valence-corrected chi connectivity index (χ1v) is 7.05. The van der Waals surface area contributed by atoms with E-state index in [0.29, 0.717) is 12.6 Å². The molecule has 20 heavy (non-hydrogen) atoms. The van der Waals surface area contributed by atoms with Crippen LogP contribution < -0.4 is 4.74 Å². The number of benzene rings is 1. The molecular formula is C16H22N2O2. The molecule has 1 unspecified atom stereocenters. The summed E-state index contributed by atoms with van der Waals surface area (Å²) < 4.78 is 7.69. The van der Waals surface area contributed by atoms with Crippen LogP contribution in [0.4, 0.5) is 0 Å². The largest absolute Gasteiger partial charge is 0.487 e. The van der Waals surface area contributed by atoms with Crippen LogP contribution in [0.3, 0.4) is 0 Å². The molecule has 2 rings (SSSR count). The number of nitrogens with zero attached hydrogens (tertiary/aromatic N) is 2. The summed E-state index contributed by atoms with van der Waals surface area (Å²) in [6.07, 6.45) is 2.56. The van der Waals surface area contributed by atoms with E-state index in [1.807, 2.05) is 41.2 Å². The minimum atomic E-state index is -0.483. The number of ether oxygens (including phenoxy) is 1. The molecule has 4 nitrogen and oxygen atoms in total. The fourth-order valence-electron chi connectivity index (χ4n) is 1.91. The van der Waals surface area contributed by atoms with Crippen LogP contribution in [0.15, 0.2) is 36.5 Å². The second kappa shape index (κ2) is 6.57. The lowest BCUT2D eigenvalue weighted by Gasteiger charge is -2.09. The minimum absolute atomic E-state index is 0.405. The molecule has 0 saturated carbocycles. The highest BCUT2D eigenvalue weighted by Crippen LogP contribution is 2.19. The summed E-state index contributed by atoms with van der Waals surface area (Å²) in [5.41, 5.74) is 1.76. The number of aromatic nitrogens is 2. The van der Waals surface area contributed by atoms with E-state index in [1.165, 1.54) is 0 Å². The zero-order valence-corrected chi connectivity index (χ0v) is 12.3. The van der Waals surface area contributed by atoms with Crippen molar-refractivity contribution in [3.63, 3.8) is 0 Å². The molecule has 4 heteroatoms. The van der Waals surface area contributed by atoms with Crippen LogP contribution in [0.25, 0.3) is 0 Å². The average molecular weight is 274 g/mol. The Labute approximate surface area is 120 Å². The molecule has 0 amide bonds. The quantitative estimate of drug-likeness (QED) is 0.877. The standard InChI is InChI=1S/C16H22N2O2/c1-4-12(2)18-9-8-15(17-18)11-20-16-7-5-6-14(10-16)13(3)19/h5-10,12-13,19H,4,11H2,1-3H3/t12?,13-/m1/s1. The number of aliphatic hydroxyl groups is 1. The molecule has 0 radical (unpaired) electrons. The smallest absolute Gasteiger partial charge is 0.132 e. The zero-order valence-electron chi connectivity index (χ0n) is 12.3. The Bertz CT molecular complexity index is 549. The molecule has 1 aromatic carbocycles. The summed E-state index contributed by atoms with van der Waals surface area (Å²) >= 11 is 0. The van der Waals surface area contributed by atoms with Crippen molar-refractivity contribution < 1.29 is 9.84 Å². The maximum atomic E-state index is 9.55. The number of hydrogen-bond acceptors (Lipinski definition) is 3. The van der Waals surface area contributed by atoms with E-state index in [-0.39, 0.29) is 0 Å². The lowest BCUT2D eigenvalue weighted by molar-refractivity contribution is 0.198. The maximum absolute atomic E-state index is 9.55. The molecule has 0 bridgehead atoms. The maximum Gasteiger partial charge on any atom is 0.132 e. The summed E-state index contributed by atoms with van der Waals surface area (Å²) in [6.45, 7) is 6.47. The van der Waals surface area contributed by atoms with Gasteiger partial charge in [-0.25, -0.2) is 0 Å². The van der Waals surface area contributed by atoms with E-state index in [1.54, 1.807) is 6.92 Å². The average Bonchev–Trinajstić information content (AvgIpc) is 2.93. The molecule has 108 valence electrons. The van der Waals surface area contributed by atoms with Crippen LogP contribution in [-0.2, 0) is 6.61 Å². The number of rotatable bonds is 6. The molecule has 0 spiro atoms. The third kappa shape index (κ3) is 3.61. The van der Waals surface area contributed by atoms with E-state index < -0.39 is 6.10 Å². The fourth-order valence-corrected chi connectivity index (χ4v) is 1.91. The third-order valence-corrected chi connectivity index (χ3v) is 3.43. The lowest BCUT2D eigenvalue weighted by atomic mass is 10.1. The van der Waals surface area contributed by atoms with Gasteiger partial charge in [-0.3, -0.25) is 4.68 Å². The Balaban J connectivity index is 1.98. The van der Waals surface area contributed by atoms with Crippen molar-refractivity contribution in [2.24, 2.45) is 0 Å². The van der Waals surface area contributed by atoms with Crippen molar-refractivity contribution in [1.82, 2.24) is 9.78 Å². The van der Waals surface area contributed by atoms with Gasteiger partial charge in [0.25, 0.3) is 0 Å². The predicted molar refractivity (Wildman–Crippen MR) is 78.6 cm³/mol. The van der Waals surface area contributed by atoms with E-state index in [9.17, 15) is 5.11 Å². The van der Waals surface area contributed by atoms with Crippen LogP contribution in [0.5, 0.6) is 5.75 Å². The molecule has 0 fully saturated rings. The summed E-state index contributed by atoms with van der Waals surface area (Å²) in [5.74, 6) is 0.751. The van der Waals surface area contributed by atoms with E-state index in [4.69, 9.17) is 4.74 Å². The Morgan fingerprint density at radius 2 is 2.10 bits per heavy atom. The van der Waals surface area contributed by atoms with Gasteiger partial charge in [-0.2, -0.15) is 5.10 Å². The highest BCUT2D eigenvalue weighted by atomic mass is 16.5. The Hall–Kier alpha value is -1.81. The van der Waals surface area contributed by atoms with Gasteiger partial charge in [0.1, 0.15) is 12.4 Å². The van der Waals surface area contributed by atoms with Crippen LogP contribution >= 0.6 is 0 Å². The Morgan fingerprint density at radius 3 is 2.80 bits per heavy atom. The van der Waals surface area contributed by atoms with Crippen molar-refractivity contribution in [2.45, 2.75) is 45.9 Å². The molecule has 0 saturated heterocycles. The van der Waals surface area contributed by atoms with Gasteiger partial charge in [-0.15, -0.1) is 0 Å². The third-order valence-electron chi connectivity index (χ3n) is 3.43. The van der Waals surface area contributed by atoms with Crippen LogP contribution in [0, 0.1) is 0 Å². The van der Waals surface area contributed by atoms with E-state index in [2.05, 4.69) is 18.9 Å². The predicted octanol–water partition coefficient (Wildman–Crippen LogP) is 3.49. The molecule has 2 aromatic rings. The van der Waals surface area contributed by atoms with Crippen molar-refractivity contribution >= 4 is 0 Å². The summed E-state index contributed by atoms with van der Waals surface area (Å²) in [4.78, 5) is 0. The number of aliphatic hydroxyl groups excluding tert-OH is 1. The van der Waals surface area contributed by atoms with Gasteiger partial charge in [0, 0.05) is 12.2 Å². The van der Waals surface area contributed by atoms with Crippen LogP contribution in [0.2, 0.25) is 0 Å². The molecule has 2 atom stereocenters. The van der Waals surface area contributed by atoms with Gasteiger partial charge in [-0.1, -0.05) is 19.1 Å². The van der Waals surface area contributed by atoms with Gasteiger partial charge >= 0.3 is 0 Å². The monoisotopic (exact) mass is 274 g/mol. The molecule has 0 aliphatic heterocycles. The fraction of sp³-hybridized carbons (Fsp3) is 0.438. The summed E-state index contributed by atoms with van der Waals surface area (Å²) in [6, 6.07) is 9.89. The summed E-state index contributed by atoms with van der Waals surface area (Å²) in [7, 11) is 0. The van der Waals surface area contributed by atoms with Gasteiger partial charge in [0.05, 0.1) is 11.8 Å². The van der Waals surface area contributed by atoms with Gasteiger partial charge in [0.2, 0.25) is 0 Å². The normalized spacial score (nSPS) is 14.0. The molecule has 0 aliphatic rings. The first kappa shape index (κ1) is 14.6. The topological polar surface area (TPSA) is 47.3 Å². The van der Waals surface area contributed by atoms with E-state index >= 15 is 0 Å².